The van der Waals surface area contributed by atoms with Crippen LogP contribution in [0.4, 0.5) is 4.79 Å². The molecule has 1 aliphatic heterocycles. The summed E-state index contributed by atoms with van der Waals surface area (Å²) in [6.45, 7) is 8.80. The molecular weight excluding hydrogens is 576 g/mol. The SMILES string of the molecule is COc1ccc2ccc(=O)n(CC=O)c2c1.COc1ccc2ccc(=O)n(CCN3CCC(NC(=O)OC(C)(C)C)CC3)c2c1. The third-order valence-electron chi connectivity index (χ3n) is 7.61. The van der Waals surface area contributed by atoms with Crippen molar-refractivity contribution in [3.8, 4) is 11.5 Å². The molecule has 0 radical (unpaired) electrons. The summed E-state index contributed by atoms with van der Waals surface area (Å²) < 4.78 is 19.0. The smallest absolute Gasteiger partial charge is 0.407 e. The second kappa shape index (κ2) is 14.9. The van der Waals surface area contributed by atoms with Crippen molar-refractivity contribution in [3.63, 3.8) is 0 Å². The number of hydrogen-bond acceptors (Lipinski definition) is 8. The summed E-state index contributed by atoms with van der Waals surface area (Å²) in [4.78, 5) is 48.8. The van der Waals surface area contributed by atoms with Gasteiger partial charge in [-0.25, -0.2) is 4.79 Å². The fraction of sp³-hybridized carbons (Fsp3) is 0.412. The van der Waals surface area contributed by atoms with Gasteiger partial charge in [-0.1, -0.05) is 0 Å². The number of hydrogen-bond donors (Lipinski definition) is 1. The first-order chi connectivity index (χ1) is 21.5. The van der Waals surface area contributed by atoms with Gasteiger partial charge in [0.2, 0.25) is 0 Å². The quantitative estimate of drug-likeness (QED) is 0.292. The van der Waals surface area contributed by atoms with E-state index in [0.717, 1.165) is 54.5 Å². The Balaban J connectivity index is 0.000000242. The van der Waals surface area contributed by atoms with Crippen molar-refractivity contribution < 1.29 is 23.8 Å². The first-order valence-corrected chi connectivity index (χ1v) is 15.0. The molecule has 5 rings (SSSR count). The van der Waals surface area contributed by atoms with Crippen LogP contribution in [0, 0.1) is 0 Å². The molecule has 0 atom stereocenters. The van der Waals surface area contributed by atoms with Gasteiger partial charge in [0.1, 0.15) is 23.4 Å². The number of alkyl carbamates (subject to hydrolysis) is 1. The fourth-order valence-corrected chi connectivity index (χ4v) is 5.30. The van der Waals surface area contributed by atoms with Crippen LogP contribution in [0.1, 0.15) is 33.6 Å². The molecule has 240 valence electrons. The second-order valence-corrected chi connectivity index (χ2v) is 11.9. The number of pyridine rings is 2. The van der Waals surface area contributed by atoms with Crippen LogP contribution in [0.2, 0.25) is 0 Å². The first kappa shape index (κ1) is 33.3. The molecule has 0 spiro atoms. The van der Waals surface area contributed by atoms with Crippen LogP contribution >= 0.6 is 0 Å². The average Bonchev–Trinajstić information content (AvgIpc) is 3.01. The highest BCUT2D eigenvalue weighted by atomic mass is 16.6. The third kappa shape index (κ3) is 8.95. The lowest BCUT2D eigenvalue weighted by molar-refractivity contribution is -0.108. The van der Waals surface area contributed by atoms with E-state index in [1.807, 2.05) is 61.7 Å². The van der Waals surface area contributed by atoms with Crippen molar-refractivity contribution in [2.45, 2.75) is 58.3 Å². The molecule has 1 N–H and O–H groups in total. The molecule has 45 heavy (non-hydrogen) atoms. The third-order valence-corrected chi connectivity index (χ3v) is 7.61. The number of aldehydes is 1. The maximum absolute atomic E-state index is 12.4. The number of methoxy groups -OCH3 is 2. The van der Waals surface area contributed by atoms with Crippen molar-refractivity contribution in [2.24, 2.45) is 0 Å². The van der Waals surface area contributed by atoms with E-state index in [-0.39, 0.29) is 29.8 Å². The van der Waals surface area contributed by atoms with E-state index >= 15 is 0 Å². The number of nitrogens with one attached hydrogen (secondary N) is 1. The highest BCUT2D eigenvalue weighted by molar-refractivity contribution is 5.81. The number of aromatic nitrogens is 2. The van der Waals surface area contributed by atoms with Gasteiger partial charge >= 0.3 is 6.09 Å². The van der Waals surface area contributed by atoms with Crippen LogP contribution in [-0.4, -0.2) is 71.9 Å². The maximum Gasteiger partial charge on any atom is 0.407 e. The molecule has 0 saturated carbocycles. The molecule has 11 nitrogen and oxygen atoms in total. The van der Waals surface area contributed by atoms with Crippen LogP contribution in [0.15, 0.2) is 70.3 Å². The predicted molar refractivity (Wildman–Crippen MR) is 174 cm³/mol. The molecule has 4 aromatic rings. The zero-order chi connectivity index (χ0) is 32.6. The van der Waals surface area contributed by atoms with Crippen molar-refractivity contribution >= 4 is 34.2 Å². The minimum Gasteiger partial charge on any atom is -0.497 e. The summed E-state index contributed by atoms with van der Waals surface area (Å²) in [5, 5.41) is 4.88. The molecule has 1 fully saturated rings. The molecule has 2 aromatic heterocycles. The van der Waals surface area contributed by atoms with Gasteiger partial charge in [-0.2, -0.15) is 0 Å². The largest absolute Gasteiger partial charge is 0.497 e. The maximum atomic E-state index is 12.4. The van der Waals surface area contributed by atoms with E-state index in [1.165, 1.54) is 10.6 Å². The molecule has 1 amide bonds. The molecule has 3 heterocycles. The van der Waals surface area contributed by atoms with E-state index in [4.69, 9.17) is 14.2 Å². The average molecular weight is 619 g/mol. The number of piperidine rings is 1. The van der Waals surface area contributed by atoms with E-state index in [2.05, 4.69) is 10.2 Å². The fourth-order valence-electron chi connectivity index (χ4n) is 5.30. The van der Waals surface area contributed by atoms with E-state index in [0.29, 0.717) is 24.1 Å². The van der Waals surface area contributed by atoms with Gasteiger partial charge in [0, 0.05) is 56.5 Å². The van der Waals surface area contributed by atoms with Crippen molar-refractivity contribution in [2.75, 3.05) is 33.9 Å². The first-order valence-electron chi connectivity index (χ1n) is 15.0. The number of ether oxygens (including phenoxy) is 3. The monoisotopic (exact) mass is 618 g/mol. The van der Waals surface area contributed by atoms with Crippen molar-refractivity contribution in [3.05, 3.63) is 81.4 Å². The Morgan fingerprint density at radius 1 is 0.822 bits per heavy atom. The molecule has 0 unspecified atom stereocenters. The standard InChI is InChI=1S/C22H31N3O4.C12H11NO3/c1-22(2,3)29-21(27)23-17-9-11-24(12-10-17)13-14-25-19-15-18(28-4)7-5-16(19)6-8-20(25)26;1-16-10-4-2-9-3-5-12(15)13(6-7-14)11(9)8-10/h5-8,15,17H,9-14H2,1-4H3,(H,23,27);2-5,7-8H,6H2,1H3. The highest BCUT2D eigenvalue weighted by Crippen LogP contribution is 2.21. The van der Waals surface area contributed by atoms with Crippen LogP contribution in [-0.2, 0) is 22.6 Å². The van der Waals surface area contributed by atoms with Gasteiger partial charge in [0.25, 0.3) is 11.1 Å². The zero-order valence-electron chi connectivity index (χ0n) is 26.6. The van der Waals surface area contributed by atoms with Crippen LogP contribution in [0.5, 0.6) is 11.5 Å². The molecule has 0 bridgehead atoms. The van der Waals surface area contributed by atoms with Crippen LogP contribution < -0.4 is 25.9 Å². The minimum atomic E-state index is -0.487. The van der Waals surface area contributed by atoms with Gasteiger partial charge in [-0.05, 0) is 80.8 Å². The lowest BCUT2D eigenvalue weighted by Gasteiger charge is -2.33. The number of likely N-dealkylation sites (tertiary alicyclic amines) is 1. The summed E-state index contributed by atoms with van der Waals surface area (Å²) in [5.41, 5.74) is 0.913. The molecule has 1 saturated heterocycles. The minimum absolute atomic E-state index is 0.00719. The Kier molecular flexibility index (Phi) is 11.0. The van der Waals surface area contributed by atoms with Gasteiger partial charge in [0.15, 0.2) is 0 Å². The Morgan fingerprint density at radius 2 is 1.33 bits per heavy atom. The number of carbonyl (C=O) groups excluding carboxylic acids is 2. The topological polar surface area (TPSA) is 121 Å². The highest BCUT2D eigenvalue weighted by Gasteiger charge is 2.23. The molecule has 1 aliphatic rings. The van der Waals surface area contributed by atoms with E-state index < -0.39 is 5.60 Å². The number of benzene rings is 2. The summed E-state index contributed by atoms with van der Waals surface area (Å²) in [7, 11) is 3.19. The van der Waals surface area contributed by atoms with E-state index in [1.54, 1.807) is 32.4 Å². The van der Waals surface area contributed by atoms with E-state index in [9.17, 15) is 19.2 Å². The Labute approximate surface area is 262 Å². The summed E-state index contributed by atoms with van der Waals surface area (Å²) in [5.74, 6) is 1.41. The number of rotatable bonds is 8. The molecule has 0 aliphatic carbocycles. The molecule has 11 heteroatoms. The van der Waals surface area contributed by atoms with Gasteiger partial charge in [0.05, 0.1) is 31.8 Å². The van der Waals surface area contributed by atoms with Crippen molar-refractivity contribution in [1.82, 2.24) is 19.4 Å². The molecule has 2 aromatic carbocycles. The van der Waals surface area contributed by atoms with Crippen LogP contribution in [0.25, 0.3) is 21.8 Å². The summed E-state index contributed by atoms with van der Waals surface area (Å²) >= 11 is 0. The summed E-state index contributed by atoms with van der Waals surface area (Å²) in [6, 6.07) is 18.0. The molecular formula is C34H42N4O7. The number of amides is 1. The lowest BCUT2D eigenvalue weighted by atomic mass is 10.1. The van der Waals surface area contributed by atoms with Gasteiger partial charge < -0.3 is 38.4 Å². The Hall–Kier alpha value is -4.64. The number of fused-ring (bicyclic) bond motifs is 2. The van der Waals surface area contributed by atoms with Crippen molar-refractivity contribution in [1.29, 1.82) is 0 Å². The number of nitrogens with zero attached hydrogens (tertiary/aromatic N) is 3. The Morgan fingerprint density at radius 3 is 1.84 bits per heavy atom. The van der Waals surface area contributed by atoms with Gasteiger partial charge in [-0.15, -0.1) is 0 Å². The summed E-state index contributed by atoms with van der Waals surface area (Å²) in [6.07, 6.45) is 2.10. The van der Waals surface area contributed by atoms with Crippen LogP contribution in [0.3, 0.4) is 0 Å². The zero-order valence-corrected chi connectivity index (χ0v) is 26.6. The Bertz CT molecular complexity index is 1750. The predicted octanol–water partition coefficient (Wildman–Crippen LogP) is 4.21. The van der Waals surface area contributed by atoms with Gasteiger partial charge in [-0.3, -0.25) is 9.59 Å². The second-order valence-electron chi connectivity index (χ2n) is 11.9. The number of carbonyl (C=O) groups is 2. The normalized spacial score (nSPS) is 14.0. The lowest BCUT2D eigenvalue weighted by Crippen LogP contribution is -2.46.